The predicted octanol–water partition coefficient (Wildman–Crippen LogP) is 2.79. The minimum atomic E-state index is -1.10. The molecule has 0 aromatic heterocycles. The van der Waals surface area contributed by atoms with E-state index in [-0.39, 0.29) is 17.1 Å². The van der Waals surface area contributed by atoms with Crippen LogP contribution in [0.1, 0.15) is 23.7 Å². The number of Topliss-reactive ketones (excluding diaryl/α,β-unsaturated/α-hetero) is 1. The summed E-state index contributed by atoms with van der Waals surface area (Å²) in [5, 5.41) is 10.9. The first kappa shape index (κ1) is 12.2. The van der Waals surface area contributed by atoms with E-state index in [9.17, 15) is 14.9 Å². The summed E-state index contributed by atoms with van der Waals surface area (Å²) in [6.45, 7) is 1.55. The second-order valence-corrected chi connectivity index (χ2v) is 4.51. The van der Waals surface area contributed by atoms with Gasteiger partial charge in [-0.3, -0.25) is 14.9 Å². The number of nitro groups is 1. The quantitative estimate of drug-likeness (QED) is 0.466. The molecule has 0 heterocycles. The molecule has 1 aliphatic carbocycles. The number of hydrogen-bond donors (Lipinski definition) is 0. The van der Waals surface area contributed by atoms with E-state index in [2.05, 4.69) is 0 Å². The van der Waals surface area contributed by atoms with Gasteiger partial charge in [0.1, 0.15) is 0 Å². The molecule has 0 fully saturated rings. The third-order valence-corrected chi connectivity index (χ3v) is 3.07. The molecule has 0 N–H and O–H groups in total. The highest BCUT2D eigenvalue weighted by atomic mass is 16.6. The second-order valence-electron chi connectivity index (χ2n) is 4.51. The highest BCUT2D eigenvalue weighted by Crippen LogP contribution is 2.25. The fourth-order valence-electron chi connectivity index (χ4n) is 1.78. The molecule has 0 aliphatic heterocycles. The van der Waals surface area contributed by atoms with Crippen LogP contribution in [0, 0.1) is 10.1 Å². The number of rotatable bonds is 3. The Labute approximate surface area is 105 Å². The van der Waals surface area contributed by atoms with Gasteiger partial charge in [-0.1, -0.05) is 36.4 Å². The lowest BCUT2D eigenvalue weighted by Crippen LogP contribution is -2.33. The van der Waals surface area contributed by atoms with Crippen molar-refractivity contribution in [2.24, 2.45) is 0 Å². The van der Waals surface area contributed by atoms with Gasteiger partial charge in [-0.05, 0) is 12.2 Å². The van der Waals surface area contributed by atoms with Crippen LogP contribution in [0.3, 0.4) is 0 Å². The number of allylic oxidation sites excluding steroid dienone is 2. The monoisotopic (exact) mass is 243 g/mol. The zero-order chi connectivity index (χ0) is 13.2. The van der Waals surface area contributed by atoms with Gasteiger partial charge in [0.05, 0.1) is 0 Å². The van der Waals surface area contributed by atoms with Crippen molar-refractivity contribution in [3.63, 3.8) is 0 Å². The van der Waals surface area contributed by atoms with Crippen molar-refractivity contribution in [1.82, 2.24) is 0 Å². The van der Waals surface area contributed by atoms with Crippen molar-refractivity contribution in [1.29, 1.82) is 0 Å². The van der Waals surface area contributed by atoms with Crippen LogP contribution in [0.15, 0.2) is 54.1 Å². The first-order valence-electron chi connectivity index (χ1n) is 5.66. The first-order valence-corrected chi connectivity index (χ1v) is 5.66. The van der Waals surface area contributed by atoms with Gasteiger partial charge in [-0.25, -0.2) is 0 Å². The Kier molecular flexibility index (Phi) is 3.10. The fourth-order valence-corrected chi connectivity index (χ4v) is 1.78. The molecule has 0 bridgehead atoms. The van der Waals surface area contributed by atoms with Gasteiger partial charge in [0.25, 0.3) is 0 Å². The Morgan fingerprint density at radius 1 is 1.33 bits per heavy atom. The van der Waals surface area contributed by atoms with Gasteiger partial charge in [-0.2, -0.15) is 0 Å². The summed E-state index contributed by atoms with van der Waals surface area (Å²) in [7, 11) is 0. The molecule has 0 saturated heterocycles. The van der Waals surface area contributed by atoms with Gasteiger partial charge >= 0.3 is 0 Å². The largest absolute Gasteiger partial charge is 0.289 e. The van der Waals surface area contributed by atoms with Crippen molar-refractivity contribution in [3.05, 3.63) is 69.8 Å². The number of hydrogen-bond acceptors (Lipinski definition) is 3. The third-order valence-electron chi connectivity index (χ3n) is 3.07. The number of benzene rings is 1. The lowest BCUT2D eigenvalue weighted by Gasteiger charge is -2.19. The molecule has 0 saturated carbocycles. The summed E-state index contributed by atoms with van der Waals surface area (Å²) in [6.07, 6.45) is 4.91. The molecule has 1 atom stereocenters. The van der Waals surface area contributed by atoms with E-state index >= 15 is 0 Å². The van der Waals surface area contributed by atoms with Gasteiger partial charge in [0, 0.05) is 29.4 Å². The van der Waals surface area contributed by atoms with Crippen LogP contribution in [0.25, 0.3) is 0 Å². The lowest BCUT2D eigenvalue weighted by molar-refractivity contribution is -0.549. The average molecular weight is 243 g/mol. The van der Waals surface area contributed by atoms with Gasteiger partial charge in [-0.15, -0.1) is 0 Å². The SMILES string of the molecule is CC1([N+](=O)[O-])C=CC(C(=O)c2ccccc2)=CC1. The molecular weight excluding hydrogens is 230 g/mol. The average Bonchev–Trinajstić information content (AvgIpc) is 2.40. The van der Waals surface area contributed by atoms with Crippen LogP contribution in [0.4, 0.5) is 0 Å². The van der Waals surface area contributed by atoms with Crippen LogP contribution >= 0.6 is 0 Å². The topological polar surface area (TPSA) is 60.2 Å². The van der Waals surface area contributed by atoms with Crippen LogP contribution in [0.5, 0.6) is 0 Å². The Morgan fingerprint density at radius 2 is 2.00 bits per heavy atom. The Morgan fingerprint density at radius 3 is 2.50 bits per heavy atom. The van der Waals surface area contributed by atoms with Crippen molar-refractivity contribution in [3.8, 4) is 0 Å². The van der Waals surface area contributed by atoms with Gasteiger partial charge in [0.15, 0.2) is 5.78 Å². The smallest absolute Gasteiger partial charge is 0.241 e. The van der Waals surface area contributed by atoms with E-state index in [0.717, 1.165) is 0 Å². The molecule has 0 amide bonds. The van der Waals surface area contributed by atoms with Crippen LogP contribution in [-0.2, 0) is 0 Å². The van der Waals surface area contributed by atoms with Crippen molar-refractivity contribution in [2.45, 2.75) is 18.9 Å². The molecule has 1 aromatic rings. The first-order chi connectivity index (χ1) is 8.53. The van der Waals surface area contributed by atoms with Crippen molar-refractivity contribution < 1.29 is 9.72 Å². The number of ketones is 1. The van der Waals surface area contributed by atoms with Crippen molar-refractivity contribution in [2.75, 3.05) is 0 Å². The number of carbonyl (C=O) groups is 1. The molecule has 1 unspecified atom stereocenters. The Balaban J connectivity index is 2.20. The summed E-state index contributed by atoms with van der Waals surface area (Å²) < 4.78 is 0. The molecule has 4 heteroatoms. The Bertz CT molecular complexity index is 545. The summed E-state index contributed by atoms with van der Waals surface area (Å²) in [6, 6.07) is 8.89. The molecule has 18 heavy (non-hydrogen) atoms. The second kappa shape index (κ2) is 4.56. The molecular formula is C14H13NO3. The molecule has 1 aliphatic rings. The summed E-state index contributed by atoms with van der Waals surface area (Å²) in [5.41, 5.74) is 0.0131. The highest BCUT2D eigenvalue weighted by molar-refractivity contribution is 6.10. The zero-order valence-electron chi connectivity index (χ0n) is 10.00. The zero-order valence-corrected chi connectivity index (χ0v) is 10.00. The molecule has 0 radical (unpaired) electrons. The van der Waals surface area contributed by atoms with E-state index in [0.29, 0.717) is 11.1 Å². The van der Waals surface area contributed by atoms with E-state index in [4.69, 9.17) is 0 Å². The number of carbonyl (C=O) groups excluding carboxylic acids is 1. The maximum Gasteiger partial charge on any atom is 0.241 e. The standard InChI is InChI=1S/C14H13NO3/c1-14(15(17)18)9-7-12(8-10-14)13(16)11-5-3-2-4-6-11/h2-9H,10H2,1H3. The molecule has 4 nitrogen and oxygen atoms in total. The molecule has 2 rings (SSSR count). The van der Waals surface area contributed by atoms with E-state index < -0.39 is 5.54 Å². The van der Waals surface area contributed by atoms with E-state index in [1.807, 2.05) is 6.07 Å². The Hall–Kier alpha value is -2.23. The predicted molar refractivity (Wildman–Crippen MR) is 68.0 cm³/mol. The van der Waals surface area contributed by atoms with E-state index in [1.54, 1.807) is 43.3 Å². The van der Waals surface area contributed by atoms with Gasteiger partial charge < -0.3 is 0 Å². The van der Waals surface area contributed by atoms with Crippen molar-refractivity contribution >= 4 is 5.78 Å². The van der Waals surface area contributed by atoms with Gasteiger partial charge in [0.2, 0.25) is 5.54 Å². The van der Waals surface area contributed by atoms with Crippen LogP contribution in [-0.4, -0.2) is 16.2 Å². The minimum absolute atomic E-state index is 0.0998. The van der Waals surface area contributed by atoms with Crippen LogP contribution < -0.4 is 0 Å². The molecule has 0 spiro atoms. The molecule has 1 aromatic carbocycles. The fraction of sp³-hybridized carbons (Fsp3) is 0.214. The van der Waals surface area contributed by atoms with Crippen LogP contribution in [0.2, 0.25) is 0 Å². The highest BCUT2D eigenvalue weighted by Gasteiger charge is 2.35. The molecule has 92 valence electrons. The summed E-state index contributed by atoms with van der Waals surface area (Å²) >= 11 is 0. The summed E-state index contributed by atoms with van der Waals surface area (Å²) in [5.74, 6) is -0.0998. The third kappa shape index (κ3) is 2.22. The lowest BCUT2D eigenvalue weighted by atomic mass is 9.88. The normalized spacial score (nSPS) is 22.4. The minimum Gasteiger partial charge on any atom is -0.289 e. The number of nitrogens with zero attached hydrogens (tertiary/aromatic N) is 1. The summed E-state index contributed by atoms with van der Waals surface area (Å²) in [4.78, 5) is 22.6. The maximum atomic E-state index is 12.1. The maximum absolute atomic E-state index is 12.1. The van der Waals surface area contributed by atoms with E-state index in [1.165, 1.54) is 6.08 Å².